The van der Waals surface area contributed by atoms with E-state index in [4.69, 9.17) is 5.26 Å². The molecule has 26 heavy (non-hydrogen) atoms. The fourth-order valence-corrected chi connectivity index (χ4v) is 3.26. The van der Waals surface area contributed by atoms with Gasteiger partial charge in [0.1, 0.15) is 5.82 Å². The van der Waals surface area contributed by atoms with Crippen LogP contribution in [-0.2, 0) is 21.4 Å². The average molecular weight is 375 g/mol. The lowest BCUT2D eigenvalue weighted by Gasteiger charge is -2.22. The Balaban J connectivity index is 2.02. The van der Waals surface area contributed by atoms with Crippen molar-refractivity contribution >= 4 is 21.6 Å². The first-order valence-corrected chi connectivity index (χ1v) is 9.64. The number of anilines is 1. The molecular weight excluding hydrogens is 357 g/mol. The zero-order valence-corrected chi connectivity index (χ0v) is 15.0. The highest BCUT2D eigenvalue weighted by molar-refractivity contribution is 7.92. The molecule has 0 fully saturated rings. The van der Waals surface area contributed by atoms with Crippen LogP contribution in [0.1, 0.15) is 17.5 Å². The third-order valence-corrected chi connectivity index (χ3v) is 4.83. The first kappa shape index (κ1) is 19.4. The summed E-state index contributed by atoms with van der Waals surface area (Å²) in [6.45, 7) is -0.0644. The summed E-state index contributed by atoms with van der Waals surface area (Å²) in [7, 11) is -3.63. The molecule has 0 atom stereocenters. The number of carbonyl (C=O) groups excluding carboxylic acids is 1. The van der Waals surface area contributed by atoms with E-state index in [0.717, 1.165) is 10.6 Å². The van der Waals surface area contributed by atoms with Crippen LogP contribution in [0.2, 0.25) is 0 Å². The molecule has 2 aromatic carbocycles. The molecule has 1 amide bonds. The Morgan fingerprint density at radius 1 is 1.23 bits per heavy atom. The number of benzene rings is 2. The highest BCUT2D eigenvalue weighted by Gasteiger charge is 2.19. The minimum absolute atomic E-state index is 0.0221. The molecule has 0 saturated carbocycles. The molecule has 136 valence electrons. The summed E-state index contributed by atoms with van der Waals surface area (Å²) in [4.78, 5) is 12.0. The van der Waals surface area contributed by atoms with Gasteiger partial charge in [-0.05, 0) is 24.3 Å². The number of halogens is 1. The van der Waals surface area contributed by atoms with Crippen LogP contribution in [0.4, 0.5) is 10.1 Å². The van der Waals surface area contributed by atoms with Gasteiger partial charge in [0.2, 0.25) is 15.9 Å². The molecule has 0 bridgehead atoms. The summed E-state index contributed by atoms with van der Waals surface area (Å²) in [5.41, 5.74) is 0.983. The number of amides is 1. The lowest BCUT2D eigenvalue weighted by molar-refractivity contribution is -0.121. The van der Waals surface area contributed by atoms with Gasteiger partial charge in [0.15, 0.2) is 0 Å². The fraction of sp³-hybridized carbons (Fsp3) is 0.222. The summed E-state index contributed by atoms with van der Waals surface area (Å²) in [6.07, 6.45) is 0.932. The second-order valence-corrected chi connectivity index (χ2v) is 7.52. The Hall–Kier alpha value is -2.92. The molecule has 0 aliphatic carbocycles. The molecule has 2 rings (SSSR count). The zero-order chi connectivity index (χ0) is 19.2. The van der Waals surface area contributed by atoms with E-state index in [-0.39, 0.29) is 19.5 Å². The normalized spacial score (nSPS) is 10.8. The summed E-state index contributed by atoms with van der Waals surface area (Å²) >= 11 is 0. The number of nitrogens with zero attached hydrogens (tertiary/aromatic N) is 2. The van der Waals surface area contributed by atoms with Gasteiger partial charge in [-0.3, -0.25) is 9.10 Å². The van der Waals surface area contributed by atoms with Crippen molar-refractivity contribution in [2.45, 2.75) is 13.0 Å². The van der Waals surface area contributed by atoms with Crippen LogP contribution in [0.25, 0.3) is 0 Å². The standard InChI is InChI=1S/C18H18FN3O3S/c1-26(24,25)22(16-7-4-5-14(11-16)12-20)10-9-18(23)21-13-15-6-2-3-8-17(15)19/h2-8,11H,9-10,13H2,1H3,(H,21,23). The predicted molar refractivity (Wildman–Crippen MR) is 96.2 cm³/mol. The SMILES string of the molecule is CS(=O)(=O)N(CCC(=O)NCc1ccccc1F)c1cccc(C#N)c1. The van der Waals surface area contributed by atoms with Gasteiger partial charge in [-0.25, -0.2) is 12.8 Å². The molecule has 2 aromatic rings. The van der Waals surface area contributed by atoms with Crippen LogP contribution in [0.5, 0.6) is 0 Å². The molecule has 6 nitrogen and oxygen atoms in total. The van der Waals surface area contributed by atoms with E-state index in [0.29, 0.717) is 16.8 Å². The third-order valence-electron chi connectivity index (χ3n) is 3.64. The van der Waals surface area contributed by atoms with Gasteiger partial charge < -0.3 is 5.32 Å². The maximum atomic E-state index is 13.5. The number of sulfonamides is 1. The third kappa shape index (κ3) is 5.29. The molecule has 0 unspecified atom stereocenters. The van der Waals surface area contributed by atoms with E-state index in [1.165, 1.54) is 12.1 Å². The lowest BCUT2D eigenvalue weighted by Crippen LogP contribution is -2.34. The topological polar surface area (TPSA) is 90.3 Å². The Labute approximate surface area is 151 Å². The van der Waals surface area contributed by atoms with Crippen molar-refractivity contribution in [1.82, 2.24) is 5.32 Å². The van der Waals surface area contributed by atoms with Crippen LogP contribution < -0.4 is 9.62 Å². The minimum atomic E-state index is -3.63. The van der Waals surface area contributed by atoms with Crippen molar-refractivity contribution < 1.29 is 17.6 Å². The number of hydrogen-bond donors (Lipinski definition) is 1. The first-order valence-electron chi connectivity index (χ1n) is 7.79. The molecule has 0 saturated heterocycles. The summed E-state index contributed by atoms with van der Waals surface area (Å²) in [6, 6.07) is 14.2. The number of nitriles is 1. The Morgan fingerprint density at radius 2 is 1.96 bits per heavy atom. The van der Waals surface area contributed by atoms with Crippen molar-refractivity contribution in [1.29, 1.82) is 5.26 Å². The minimum Gasteiger partial charge on any atom is -0.352 e. The van der Waals surface area contributed by atoms with Crippen LogP contribution >= 0.6 is 0 Å². The first-order chi connectivity index (χ1) is 12.3. The summed E-state index contributed by atoms with van der Waals surface area (Å²) in [5.74, 6) is -0.822. The molecule has 0 aliphatic heterocycles. The van der Waals surface area contributed by atoms with E-state index in [2.05, 4.69) is 5.32 Å². The van der Waals surface area contributed by atoms with Crippen LogP contribution in [-0.4, -0.2) is 27.1 Å². The second kappa shape index (κ2) is 8.45. The number of rotatable bonds is 7. The maximum absolute atomic E-state index is 13.5. The van der Waals surface area contributed by atoms with E-state index in [1.54, 1.807) is 36.4 Å². The largest absolute Gasteiger partial charge is 0.352 e. The monoisotopic (exact) mass is 375 g/mol. The predicted octanol–water partition coefficient (Wildman–Crippen LogP) is 2.17. The second-order valence-electron chi connectivity index (χ2n) is 5.62. The van der Waals surface area contributed by atoms with Gasteiger partial charge >= 0.3 is 0 Å². The number of hydrogen-bond acceptors (Lipinski definition) is 4. The van der Waals surface area contributed by atoms with Crippen molar-refractivity contribution in [3.63, 3.8) is 0 Å². The fourth-order valence-electron chi connectivity index (χ4n) is 2.34. The number of nitrogens with one attached hydrogen (secondary N) is 1. The van der Waals surface area contributed by atoms with Gasteiger partial charge in [0.05, 0.1) is 23.6 Å². The average Bonchev–Trinajstić information content (AvgIpc) is 2.60. The van der Waals surface area contributed by atoms with E-state index < -0.39 is 21.7 Å². The van der Waals surface area contributed by atoms with E-state index >= 15 is 0 Å². The van der Waals surface area contributed by atoms with Crippen molar-refractivity contribution in [3.8, 4) is 6.07 Å². The van der Waals surface area contributed by atoms with Gasteiger partial charge in [0, 0.05) is 25.1 Å². The molecular formula is C18H18FN3O3S. The quantitative estimate of drug-likeness (QED) is 0.803. The molecule has 1 N–H and O–H groups in total. The van der Waals surface area contributed by atoms with Crippen LogP contribution in [0.3, 0.4) is 0 Å². The van der Waals surface area contributed by atoms with Gasteiger partial charge in [-0.1, -0.05) is 24.3 Å². The van der Waals surface area contributed by atoms with Gasteiger partial charge in [-0.2, -0.15) is 5.26 Å². The van der Waals surface area contributed by atoms with Gasteiger partial charge in [-0.15, -0.1) is 0 Å². The van der Waals surface area contributed by atoms with Crippen molar-refractivity contribution in [2.75, 3.05) is 17.1 Å². The van der Waals surface area contributed by atoms with Crippen molar-refractivity contribution in [3.05, 3.63) is 65.5 Å². The Kier molecular flexibility index (Phi) is 6.31. The van der Waals surface area contributed by atoms with E-state index in [1.807, 2.05) is 6.07 Å². The molecule has 8 heteroatoms. The Morgan fingerprint density at radius 3 is 2.62 bits per heavy atom. The smallest absolute Gasteiger partial charge is 0.232 e. The van der Waals surface area contributed by atoms with Crippen LogP contribution in [0, 0.1) is 17.1 Å². The molecule has 0 heterocycles. The highest BCUT2D eigenvalue weighted by atomic mass is 32.2. The zero-order valence-electron chi connectivity index (χ0n) is 14.1. The molecule has 0 aromatic heterocycles. The molecule has 0 radical (unpaired) electrons. The highest BCUT2D eigenvalue weighted by Crippen LogP contribution is 2.19. The molecule has 0 aliphatic rings. The van der Waals surface area contributed by atoms with Gasteiger partial charge in [0.25, 0.3) is 0 Å². The summed E-state index contributed by atoms with van der Waals surface area (Å²) in [5, 5.41) is 11.5. The van der Waals surface area contributed by atoms with Crippen LogP contribution in [0.15, 0.2) is 48.5 Å². The van der Waals surface area contributed by atoms with E-state index in [9.17, 15) is 17.6 Å². The van der Waals surface area contributed by atoms with Crippen molar-refractivity contribution in [2.24, 2.45) is 0 Å². The maximum Gasteiger partial charge on any atom is 0.232 e. The molecule has 0 spiro atoms. The summed E-state index contributed by atoms with van der Waals surface area (Å²) < 4.78 is 38.7. The Bertz CT molecular complexity index is 939. The number of carbonyl (C=O) groups is 1. The lowest BCUT2D eigenvalue weighted by atomic mass is 10.2.